The van der Waals surface area contributed by atoms with Crippen molar-refractivity contribution >= 4 is 17.6 Å². The minimum Gasteiger partial charge on any atom is -0.465 e. The van der Waals surface area contributed by atoms with Crippen LogP contribution < -0.4 is 4.90 Å². The van der Waals surface area contributed by atoms with E-state index >= 15 is 0 Å². The van der Waals surface area contributed by atoms with Gasteiger partial charge in [-0.1, -0.05) is 32.9 Å². The lowest BCUT2D eigenvalue weighted by atomic mass is 9.96. The van der Waals surface area contributed by atoms with Gasteiger partial charge in [-0.05, 0) is 18.1 Å². The van der Waals surface area contributed by atoms with Gasteiger partial charge in [-0.25, -0.2) is 4.79 Å². The van der Waals surface area contributed by atoms with Crippen LogP contribution in [0.2, 0.25) is 0 Å². The lowest BCUT2D eigenvalue weighted by Gasteiger charge is -2.25. The molecule has 0 bridgehead atoms. The van der Waals surface area contributed by atoms with E-state index in [0.29, 0.717) is 11.3 Å². The molecule has 0 heterocycles. The van der Waals surface area contributed by atoms with Crippen molar-refractivity contribution in [1.29, 1.82) is 0 Å². The number of carbonyl (C=O) groups excluding carboxylic acids is 2. The molecule has 0 aromatic heterocycles. The second kappa shape index (κ2) is 6.36. The number of esters is 1. The van der Waals surface area contributed by atoms with Gasteiger partial charge in [-0.2, -0.15) is 0 Å². The summed E-state index contributed by atoms with van der Waals surface area (Å²) in [5.74, 6) is -0.297. The lowest BCUT2D eigenvalue weighted by molar-refractivity contribution is -0.122. The van der Waals surface area contributed by atoms with E-state index in [1.54, 1.807) is 31.3 Å². The smallest absolute Gasteiger partial charge is 0.339 e. The number of hydrogen-bond acceptors (Lipinski definition) is 3. The van der Waals surface area contributed by atoms with Crippen LogP contribution in [0.5, 0.6) is 0 Å². The molecule has 0 spiro atoms. The summed E-state index contributed by atoms with van der Waals surface area (Å²) in [6.45, 7) is 5.90. The highest BCUT2D eigenvalue weighted by molar-refractivity contribution is 6.02. The predicted octanol–water partition coefficient (Wildman–Crippen LogP) is 2.73. The molecule has 19 heavy (non-hydrogen) atoms. The third kappa shape index (κ3) is 3.34. The van der Waals surface area contributed by atoms with Gasteiger partial charge in [0.1, 0.15) is 0 Å². The van der Waals surface area contributed by atoms with Crippen LogP contribution in [-0.2, 0) is 9.53 Å². The summed E-state index contributed by atoms with van der Waals surface area (Å²) in [6.07, 6.45) is 0. The summed E-state index contributed by atoms with van der Waals surface area (Å²) in [5.41, 5.74) is 0.976. The zero-order chi connectivity index (χ0) is 14.6. The molecule has 4 nitrogen and oxygen atoms in total. The zero-order valence-electron chi connectivity index (χ0n) is 12.1. The van der Waals surface area contributed by atoms with E-state index < -0.39 is 5.97 Å². The Labute approximate surface area is 114 Å². The summed E-state index contributed by atoms with van der Waals surface area (Å²) in [4.78, 5) is 25.6. The molecule has 1 rings (SSSR count). The molecule has 0 aliphatic carbocycles. The topological polar surface area (TPSA) is 46.6 Å². The molecule has 1 amide bonds. The zero-order valence-corrected chi connectivity index (χ0v) is 12.1. The van der Waals surface area contributed by atoms with Crippen molar-refractivity contribution in [2.75, 3.05) is 19.1 Å². The fraction of sp³-hybridized carbons (Fsp3) is 0.467. The number of methoxy groups -OCH3 is 1. The van der Waals surface area contributed by atoms with Gasteiger partial charge in [-0.3, -0.25) is 4.79 Å². The lowest BCUT2D eigenvalue weighted by Crippen LogP contribution is -2.34. The van der Waals surface area contributed by atoms with Gasteiger partial charge in [0.05, 0.1) is 18.4 Å². The second-order valence-electron chi connectivity index (χ2n) is 4.94. The molecule has 1 aromatic rings. The largest absolute Gasteiger partial charge is 0.465 e. The van der Waals surface area contributed by atoms with Crippen LogP contribution in [0.25, 0.3) is 0 Å². The van der Waals surface area contributed by atoms with Crippen molar-refractivity contribution in [2.24, 2.45) is 11.8 Å². The van der Waals surface area contributed by atoms with E-state index in [4.69, 9.17) is 4.74 Å². The van der Waals surface area contributed by atoms with Gasteiger partial charge in [0.15, 0.2) is 0 Å². The van der Waals surface area contributed by atoms with Crippen molar-refractivity contribution < 1.29 is 14.3 Å². The van der Waals surface area contributed by atoms with Gasteiger partial charge in [0.2, 0.25) is 5.91 Å². The van der Waals surface area contributed by atoms with Crippen molar-refractivity contribution in [2.45, 2.75) is 20.8 Å². The maximum Gasteiger partial charge on any atom is 0.339 e. The Morgan fingerprint density at radius 2 is 1.74 bits per heavy atom. The molecule has 0 aliphatic rings. The number of para-hydroxylation sites is 1. The molecule has 0 fully saturated rings. The summed E-state index contributed by atoms with van der Waals surface area (Å²) in [5, 5.41) is 0. The molecule has 0 saturated heterocycles. The van der Waals surface area contributed by atoms with Gasteiger partial charge in [-0.15, -0.1) is 0 Å². The Bertz CT molecular complexity index is 468. The van der Waals surface area contributed by atoms with Gasteiger partial charge < -0.3 is 9.64 Å². The molecule has 1 aromatic carbocycles. The summed E-state index contributed by atoms with van der Waals surface area (Å²) < 4.78 is 4.74. The molecular weight excluding hydrogens is 242 g/mol. The average Bonchev–Trinajstić information content (AvgIpc) is 2.43. The SMILES string of the molecule is COC(=O)c1ccccc1N(C)C(=O)C(C)C(C)C. The quantitative estimate of drug-likeness (QED) is 0.785. The Balaban J connectivity index is 3.09. The van der Waals surface area contributed by atoms with E-state index in [-0.39, 0.29) is 17.7 Å². The van der Waals surface area contributed by atoms with E-state index in [1.165, 1.54) is 12.0 Å². The Hall–Kier alpha value is -1.84. The number of rotatable bonds is 4. The minimum atomic E-state index is -0.438. The number of amides is 1. The fourth-order valence-corrected chi connectivity index (χ4v) is 1.76. The number of benzene rings is 1. The van der Waals surface area contributed by atoms with Gasteiger partial charge >= 0.3 is 5.97 Å². The van der Waals surface area contributed by atoms with Crippen molar-refractivity contribution in [3.8, 4) is 0 Å². The Kier molecular flexibility index (Phi) is 5.10. The first-order valence-electron chi connectivity index (χ1n) is 6.35. The average molecular weight is 263 g/mol. The van der Waals surface area contributed by atoms with Crippen LogP contribution in [-0.4, -0.2) is 26.0 Å². The highest BCUT2D eigenvalue weighted by Gasteiger charge is 2.24. The molecule has 4 heteroatoms. The van der Waals surface area contributed by atoms with Crippen LogP contribution in [0, 0.1) is 11.8 Å². The highest BCUT2D eigenvalue weighted by atomic mass is 16.5. The van der Waals surface area contributed by atoms with E-state index in [9.17, 15) is 9.59 Å². The van der Waals surface area contributed by atoms with Crippen LogP contribution in [0.15, 0.2) is 24.3 Å². The second-order valence-corrected chi connectivity index (χ2v) is 4.94. The maximum absolute atomic E-state index is 12.3. The maximum atomic E-state index is 12.3. The van der Waals surface area contributed by atoms with Crippen LogP contribution in [0.1, 0.15) is 31.1 Å². The predicted molar refractivity (Wildman–Crippen MR) is 75.2 cm³/mol. The van der Waals surface area contributed by atoms with Crippen LogP contribution in [0.3, 0.4) is 0 Å². The van der Waals surface area contributed by atoms with Crippen molar-refractivity contribution in [1.82, 2.24) is 0 Å². The van der Waals surface area contributed by atoms with Crippen molar-refractivity contribution in [3.63, 3.8) is 0 Å². The van der Waals surface area contributed by atoms with Gasteiger partial charge in [0, 0.05) is 13.0 Å². The summed E-state index contributed by atoms with van der Waals surface area (Å²) >= 11 is 0. The number of hydrogen-bond donors (Lipinski definition) is 0. The third-order valence-corrected chi connectivity index (χ3v) is 3.39. The van der Waals surface area contributed by atoms with Crippen LogP contribution in [0.4, 0.5) is 5.69 Å². The third-order valence-electron chi connectivity index (χ3n) is 3.39. The molecule has 1 unspecified atom stereocenters. The van der Waals surface area contributed by atoms with E-state index in [0.717, 1.165) is 0 Å². The number of anilines is 1. The first kappa shape index (κ1) is 15.2. The molecule has 0 radical (unpaired) electrons. The van der Waals surface area contributed by atoms with Crippen molar-refractivity contribution in [3.05, 3.63) is 29.8 Å². The fourth-order valence-electron chi connectivity index (χ4n) is 1.76. The number of carbonyl (C=O) groups is 2. The van der Waals surface area contributed by atoms with E-state index in [1.807, 2.05) is 20.8 Å². The first-order valence-corrected chi connectivity index (χ1v) is 6.35. The van der Waals surface area contributed by atoms with E-state index in [2.05, 4.69) is 0 Å². The minimum absolute atomic E-state index is 0.00801. The molecule has 0 saturated carbocycles. The Morgan fingerprint density at radius 3 is 2.26 bits per heavy atom. The summed E-state index contributed by atoms with van der Waals surface area (Å²) in [7, 11) is 3.01. The number of ether oxygens (including phenoxy) is 1. The normalized spacial score (nSPS) is 12.1. The standard InChI is InChI=1S/C15H21NO3/c1-10(2)11(3)14(17)16(4)13-9-7-6-8-12(13)15(18)19-5/h6-11H,1-5H3. The molecule has 1 atom stereocenters. The summed E-state index contributed by atoms with van der Waals surface area (Å²) in [6, 6.07) is 6.95. The Morgan fingerprint density at radius 1 is 1.16 bits per heavy atom. The first-order chi connectivity index (χ1) is 8.90. The number of nitrogens with zero attached hydrogens (tertiary/aromatic N) is 1. The van der Waals surface area contributed by atoms with Crippen LogP contribution >= 0.6 is 0 Å². The monoisotopic (exact) mass is 263 g/mol. The molecule has 104 valence electrons. The van der Waals surface area contributed by atoms with Gasteiger partial charge in [0.25, 0.3) is 0 Å². The molecular formula is C15H21NO3. The highest BCUT2D eigenvalue weighted by Crippen LogP contribution is 2.23. The molecule has 0 aliphatic heterocycles. The molecule has 0 N–H and O–H groups in total.